The van der Waals surface area contributed by atoms with Crippen molar-refractivity contribution >= 4 is 31.2 Å². The molecule has 0 fully saturated rings. The zero-order valence-corrected chi connectivity index (χ0v) is 11.3. The summed E-state index contributed by atoms with van der Waals surface area (Å²) in [7, 11) is 5.70. The summed E-state index contributed by atoms with van der Waals surface area (Å²) in [6, 6.07) is 14.3. The van der Waals surface area contributed by atoms with Crippen molar-refractivity contribution < 1.29 is 9.59 Å². The summed E-state index contributed by atoms with van der Waals surface area (Å²) in [5.74, 6) is -0.486. The van der Waals surface area contributed by atoms with Crippen molar-refractivity contribution in [1.82, 2.24) is 4.90 Å². The molecule has 0 aliphatic carbocycles. The number of benzene rings is 2. The van der Waals surface area contributed by atoms with Gasteiger partial charge in [0.1, 0.15) is 7.85 Å². The van der Waals surface area contributed by atoms with Gasteiger partial charge in [0.25, 0.3) is 11.8 Å². The summed E-state index contributed by atoms with van der Waals surface area (Å²) < 4.78 is 0. The van der Waals surface area contributed by atoms with Crippen LogP contribution in [-0.4, -0.2) is 31.1 Å². The summed E-state index contributed by atoms with van der Waals surface area (Å²) in [5, 5.41) is 0. The second kappa shape index (κ2) is 5.41. The number of fused-ring (bicyclic) bond motifs is 1. The van der Waals surface area contributed by atoms with Gasteiger partial charge in [-0.05, 0) is 17.7 Å². The molecule has 21 heavy (non-hydrogen) atoms. The van der Waals surface area contributed by atoms with Gasteiger partial charge < -0.3 is 0 Å². The standard InChI is InChI=1S/C17H12BNO2/c18-13-7-3-5-12(11-13)6-4-10-19-16(20)14-8-1-2-9-15(14)17(19)21/h1-9,11H,10H2/b6-4+. The van der Waals surface area contributed by atoms with Gasteiger partial charge in [-0.25, -0.2) is 0 Å². The quantitative estimate of drug-likeness (QED) is 0.631. The highest BCUT2D eigenvalue weighted by Gasteiger charge is 2.33. The van der Waals surface area contributed by atoms with Gasteiger partial charge >= 0.3 is 0 Å². The Bertz CT molecular complexity index is 717. The van der Waals surface area contributed by atoms with Gasteiger partial charge in [0.05, 0.1) is 11.1 Å². The van der Waals surface area contributed by atoms with Crippen molar-refractivity contribution in [1.29, 1.82) is 0 Å². The number of amides is 2. The molecule has 100 valence electrons. The Hall–Kier alpha value is -2.62. The first kappa shape index (κ1) is 13.4. The topological polar surface area (TPSA) is 37.4 Å². The first-order chi connectivity index (χ1) is 10.2. The molecule has 0 bridgehead atoms. The van der Waals surface area contributed by atoms with E-state index in [0.29, 0.717) is 16.6 Å². The third-order valence-electron chi connectivity index (χ3n) is 3.39. The van der Waals surface area contributed by atoms with Gasteiger partial charge in [-0.2, -0.15) is 0 Å². The summed E-state index contributed by atoms with van der Waals surface area (Å²) in [6.45, 7) is 0.251. The van der Waals surface area contributed by atoms with Gasteiger partial charge in [-0.1, -0.05) is 54.0 Å². The normalized spacial score (nSPS) is 14.0. The summed E-state index contributed by atoms with van der Waals surface area (Å²) in [5.41, 5.74) is 2.56. The Balaban J connectivity index is 1.75. The lowest BCUT2D eigenvalue weighted by atomic mass is 9.94. The minimum Gasteiger partial charge on any atom is -0.270 e. The van der Waals surface area contributed by atoms with Gasteiger partial charge in [0.2, 0.25) is 0 Å². The molecule has 0 atom stereocenters. The number of carbonyl (C=O) groups excluding carboxylic acids is 2. The van der Waals surface area contributed by atoms with Gasteiger partial charge in [0.15, 0.2) is 0 Å². The molecule has 1 aliphatic heterocycles. The molecule has 0 saturated carbocycles. The maximum Gasteiger partial charge on any atom is 0.261 e. The van der Waals surface area contributed by atoms with Crippen molar-refractivity contribution in [2.24, 2.45) is 0 Å². The third kappa shape index (κ3) is 2.52. The first-order valence-corrected chi connectivity index (χ1v) is 6.64. The maximum atomic E-state index is 12.2. The van der Waals surface area contributed by atoms with E-state index >= 15 is 0 Å². The van der Waals surface area contributed by atoms with Crippen LogP contribution < -0.4 is 5.46 Å². The molecular formula is C17H12BNO2. The molecule has 2 aromatic carbocycles. The van der Waals surface area contributed by atoms with Gasteiger partial charge in [-0.15, -0.1) is 0 Å². The van der Waals surface area contributed by atoms with Gasteiger partial charge in [0, 0.05) is 6.54 Å². The van der Waals surface area contributed by atoms with Crippen LogP contribution >= 0.6 is 0 Å². The molecule has 4 heteroatoms. The van der Waals surface area contributed by atoms with E-state index < -0.39 is 0 Å². The van der Waals surface area contributed by atoms with Crippen LogP contribution in [-0.2, 0) is 0 Å². The van der Waals surface area contributed by atoms with Crippen LogP contribution in [0.3, 0.4) is 0 Å². The van der Waals surface area contributed by atoms with Crippen LogP contribution in [0.15, 0.2) is 54.6 Å². The van der Waals surface area contributed by atoms with Crippen molar-refractivity contribution in [2.45, 2.75) is 0 Å². The Morgan fingerprint density at radius 1 is 0.952 bits per heavy atom. The number of nitrogens with zero attached hydrogens (tertiary/aromatic N) is 1. The molecule has 2 amide bonds. The van der Waals surface area contributed by atoms with Gasteiger partial charge in [-0.3, -0.25) is 14.5 Å². The van der Waals surface area contributed by atoms with E-state index in [4.69, 9.17) is 7.85 Å². The number of imide groups is 1. The molecule has 0 spiro atoms. The molecule has 0 aromatic heterocycles. The number of rotatable bonds is 3. The predicted octanol–water partition coefficient (Wildman–Crippen LogP) is 1.79. The SMILES string of the molecule is [B]c1cccc(/C=C/CN2C(=O)c3ccccc3C2=O)c1. The predicted molar refractivity (Wildman–Crippen MR) is 82.7 cm³/mol. The van der Waals surface area contributed by atoms with E-state index in [0.717, 1.165) is 5.56 Å². The Kier molecular flexibility index (Phi) is 3.44. The monoisotopic (exact) mass is 273 g/mol. The van der Waals surface area contributed by atoms with E-state index in [1.807, 2.05) is 30.3 Å². The Morgan fingerprint density at radius 3 is 2.24 bits per heavy atom. The fraction of sp³-hybridized carbons (Fsp3) is 0.0588. The minimum absolute atomic E-state index is 0.243. The molecule has 0 saturated heterocycles. The molecule has 3 nitrogen and oxygen atoms in total. The lowest BCUT2D eigenvalue weighted by molar-refractivity contribution is 0.0672. The Morgan fingerprint density at radius 2 is 1.62 bits per heavy atom. The van der Waals surface area contributed by atoms with E-state index in [1.165, 1.54) is 4.90 Å². The summed E-state index contributed by atoms with van der Waals surface area (Å²) in [6.07, 6.45) is 3.64. The van der Waals surface area contributed by atoms with Crippen LogP contribution in [0, 0.1) is 0 Å². The third-order valence-corrected chi connectivity index (χ3v) is 3.39. The highest BCUT2D eigenvalue weighted by Crippen LogP contribution is 2.22. The summed E-state index contributed by atoms with van der Waals surface area (Å²) in [4.78, 5) is 25.6. The second-order valence-electron chi connectivity index (χ2n) is 4.84. The molecule has 3 rings (SSSR count). The fourth-order valence-corrected chi connectivity index (χ4v) is 2.36. The number of hydrogen-bond donors (Lipinski definition) is 0. The minimum atomic E-state index is -0.243. The van der Waals surface area contributed by atoms with E-state index in [2.05, 4.69) is 0 Å². The van der Waals surface area contributed by atoms with Crippen LogP contribution in [0.25, 0.3) is 6.08 Å². The number of carbonyl (C=O) groups is 2. The lowest BCUT2D eigenvalue weighted by Crippen LogP contribution is -2.29. The second-order valence-corrected chi connectivity index (χ2v) is 4.84. The molecule has 1 heterocycles. The molecule has 2 aromatic rings. The average molecular weight is 273 g/mol. The number of hydrogen-bond acceptors (Lipinski definition) is 2. The van der Waals surface area contributed by atoms with Crippen LogP contribution in [0.2, 0.25) is 0 Å². The van der Waals surface area contributed by atoms with E-state index in [9.17, 15) is 9.59 Å². The highest BCUT2D eigenvalue weighted by molar-refractivity contribution is 6.32. The van der Waals surface area contributed by atoms with E-state index in [1.54, 1.807) is 30.3 Å². The van der Waals surface area contributed by atoms with Crippen LogP contribution in [0.5, 0.6) is 0 Å². The molecule has 0 unspecified atom stereocenters. The van der Waals surface area contributed by atoms with Crippen molar-refractivity contribution in [2.75, 3.05) is 6.54 Å². The molecule has 1 aliphatic rings. The fourth-order valence-electron chi connectivity index (χ4n) is 2.36. The zero-order valence-electron chi connectivity index (χ0n) is 11.3. The first-order valence-electron chi connectivity index (χ1n) is 6.64. The molecule has 0 N–H and O–H groups in total. The van der Waals surface area contributed by atoms with Crippen molar-refractivity contribution in [3.8, 4) is 0 Å². The zero-order chi connectivity index (χ0) is 14.8. The van der Waals surface area contributed by atoms with Crippen molar-refractivity contribution in [3.05, 3.63) is 71.3 Å². The smallest absolute Gasteiger partial charge is 0.261 e. The molecular weight excluding hydrogens is 261 g/mol. The largest absolute Gasteiger partial charge is 0.270 e. The van der Waals surface area contributed by atoms with Crippen LogP contribution in [0.1, 0.15) is 26.3 Å². The maximum absolute atomic E-state index is 12.2. The molecule has 2 radical (unpaired) electrons. The lowest BCUT2D eigenvalue weighted by Gasteiger charge is -2.10. The Labute approximate surface area is 124 Å². The highest BCUT2D eigenvalue weighted by atomic mass is 16.2. The van der Waals surface area contributed by atoms with Crippen LogP contribution in [0.4, 0.5) is 0 Å². The summed E-state index contributed by atoms with van der Waals surface area (Å²) >= 11 is 0. The van der Waals surface area contributed by atoms with Crippen molar-refractivity contribution in [3.63, 3.8) is 0 Å². The average Bonchev–Trinajstić information content (AvgIpc) is 2.73. The van der Waals surface area contributed by atoms with E-state index in [-0.39, 0.29) is 18.4 Å².